The average Bonchev–Trinajstić information content (AvgIpc) is 2.97. The van der Waals surface area contributed by atoms with Crippen molar-refractivity contribution >= 4 is 17.5 Å². The molecule has 38 heavy (non-hydrogen) atoms. The van der Waals surface area contributed by atoms with Gasteiger partial charge in [0.25, 0.3) is 5.91 Å². The lowest BCUT2D eigenvalue weighted by atomic mass is 9.80. The molecule has 0 radical (unpaired) electrons. The Morgan fingerprint density at radius 3 is 2.32 bits per heavy atom. The van der Waals surface area contributed by atoms with Gasteiger partial charge in [-0.2, -0.15) is 0 Å². The molecule has 0 aliphatic heterocycles. The number of aryl methyl sites for hydroxylation is 2. The first kappa shape index (κ1) is 27.2. The van der Waals surface area contributed by atoms with Gasteiger partial charge in [0.2, 0.25) is 5.91 Å². The maximum atomic E-state index is 13.3. The largest absolute Gasteiger partial charge is 0.497 e. The molecule has 1 saturated carbocycles. The summed E-state index contributed by atoms with van der Waals surface area (Å²) in [7, 11) is 1.64. The molecular weight excluding hydrogens is 476 g/mol. The molecule has 7 nitrogen and oxygen atoms in total. The lowest BCUT2D eigenvalue weighted by Crippen LogP contribution is -2.60. The van der Waals surface area contributed by atoms with E-state index in [1.807, 2.05) is 60.8 Å². The van der Waals surface area contributed by atoms with Crippen molar-refractivity contribution < 1.29 is 14.3 Å². The molecule has 1 aliphatic carbocycles. The highest BCUT2D eigenvalue weighted by Gasteiger charge is 2.40. The summed E-state index contributed by atoms with van der Waals surface area (Å²) < 4.78 is 5.18. The first-order valence-corrected chi connectivity index (χ1v) is 13.5. The van der Waals surface area contributed by atoms with Gasteiger partial charge >= 0.3 is 0 Å². The smallest absolute Gasteiger partial charge is 0.252 e. The standard InChI is InChI=1S/C31H38N4O3/c1-38-28-16-14-27(15-17-28)33-21-22-34-30(37)31(18-3-2-4-19-31)35-29(36)26-12-10-24(11-13-26)7-5-8-25-9-6-20-32-23-25/h6,9-17,20,23,33H,2-5,7-8,18-19,21-22H2,1H3,(H,34,37)(H,35,36). The highest BCUT2D eigenvalue weighted by atomic mass is 16.5. The van der Waals surface area contributed by atoms with Crippen LogP contribution in [-0.4, -0.2) is 42.5 Å². The highest BCUT2D eigenvalue weighted by Crippen LogP contribution is 2.29. The molecule has 0 unspecified atom stereocenters. The Balaban J connectivity index is 1.28. The third-order valence-electron chi connectivity index (χ3n) is 7.19. The van der Waals surface area contributed by atoms with Gasteiger partial charge in [0.05, 0.1) is 7.11 Å². The number of methoxy groups -OCH3 is 1. The van der Waals surface area contributed by atoms with Gasteiger partial charge in [-0.15, -0.1) is 0 Å². The number of nitrogens with zero attached hydrogens (tertiary/aromatic N) is 1. The van der Waals surface area contributed by atoms with E-state index < -0.39 is 5.54 Å². The number of benzene rings is 2. The van der Waals surface area contributed by atoms with E-state index in [9.17, 15) is 9.59 Å². The molecule has 7 heteroatoms. The van der Waals surface area contributed by atoms with Crippen molar-refractivity contribution in [2.24, 2.45) is 0 Å². The van der Waals surface area contributed by atoms with E-state index in [0.717, 1.165) is 50.0 Å². The maximum absolute atomic E-state index is 13.3. The maximum Gasteiger partial charge on any atom is 0.252 e. The van der Waals surface area contributed by atoms with E-state index in [1.165, 1.54) is 11.1 Å². The molecule has 2 amide bonds. The molecule has 0 spiro atoms. The van der Waals surface area contributed by atoms with Gasteiger partial charge in [0.1, 0.15) is 11.3 Å². The van der Waals surface area contributed by atoms with E-state index in [1.54, 1.807) is 13.3 Å². The second kappa shape index (κ2) is 13.6. The number of rotatable bonds is 12. The molecule has 0 bridgehead atoms. The number of carbonyl (C=O) groups excluding carboxylic acids is 2. The van der Waals surface area contributed by atoms with Gasteiger partial charge in [-0.25, -0.2) is 0 Å². The topological polar surface area (TPSA) is 92.4 Å². The van der Waals surface area contributed by atoms with E-state index >= 15 is 0 Å². The zero-order chi connectivity index (χ0) is 26.6. The molecule has 1 aromatic heterocycles. The Labute approximate surface area is 225 Å². The van der Waals surface area contributed by atoms with Crippen molar-refractivity contribution in [3.63, 3.8) is 0 Å². The van der Waals surface area contributed by atoms with E-state index in [4.69, 9.17) is 4.74 Å². The van der Waals surface area contributed by atoms with Crippen molar-refractivity contribution in [3.8, 4) is 5.75 Å². The number of amides is 2. The van der Waals surface area contributed by atoms with Crippen molar-refractivity contribution in [2.75, 3.05) is 25.5 Å². The van der Waals surface area contributed by atoms with Crippen LogP contribution in [0.3, 0.4) is 0 Å². The van der Waals surface area contributed by atoms with Crippen molar-refractivity contribution in [1.82, 2.24) is 15.6 Å². The zero-order valence-electron chi connectivity index (χ0n) is 22.2. The molecule has 200 valence electrons. The molecule has 1 aliphatic rings. The van der Waals surface area contributed by atoms with E-state index in [-0.39, 0.29) is 11.8 Å². The number of pyridine rings is 1. The van der Waals surface area contributed by atoms with E-state index in [0.29, 0.717) is 31.5 Å². The van der Waals surface area contributed by atoms with E-state index in [2.05, 4.69) is 27.0 Å². The van der Waals surface area contributed by atoms with Crippen molar-refractivity contribution in [3.05, 3.63) is 89.7 Å². The summed E-state index contributed by atoms with van der Waals surface area (Å²) in [6.07, 6.45) is 10.9. The summed E-state index contributed by atoms with van der Waals surface area (Å²) in [5.41, 5.74) is 3.11. The van der Waals surface area contributed by atoms with Gasteiger partial charge in [-0.05, 0) is 85.7 Å². The van der Waals surface area contributed by atoms with Gasteiger partial charge in [-0.1, -0.05) is 37.5 Å². The SMILES string of the molecule is COc1ccc(NCCNC(=O)C2(NC(=O)c3ccc(CCCc4cccnc4)cc3)CCCCC2)cc1. The molecule has 0 atom stereocenters. The molecule has 1 fully saturated rings. The van der Waals surface area contributed by atoms with Crippen LogP contribution in [0.5, 0.6) is 5.75 Å². The molecule has 3 N–H and O–H groups in total. The molecular formula is C31H38N4O3. The Bertz CT molecular complexity index is 1160. The lowest BCUT2D eigenvalue weighted by molar-refractivity contribution is -0.128. The Morgan fingerprint density at radius 2 is 1.63 bits per heavy atom. The van der Waals surface area contributed by atoms with Crippen LogP contribution in [-0.2, 0) is 17.6 Å². The summed E-state index contributed by atoms with van der Waals surface area (Å²) in [6.45, 7) is 1.06. The van der Waals surface area contributed by atoms with Gasteiger partial charge in [-0.3, -0.25) is 14.6 Å². The fraction of sp³-hybridized carbons (Fsp3) is 0.387. The Hall–Kier alpha value is -3.87. The average molecular weight is 515 g/mol. The predicted molar refractivity (Wildman–Crippen MR) is 150 cm³/mol. The van der Waals surface area contributed by atoms with Crippen molar-refractivity contribution in [2.45, 2.75) is 56.9 Å². The zero-order valence-corrected chi connectivity index (χ0v) is 22.2. The summed E-state index contributed by atoms with van der Waals surface area (Å²) >= 11 is 0. The number of hydrogen-bond donors (Lipinski definition) is 3. The molecule has 2 aromatic carbocycles. The second-order valence-electron chi connectivity index (χ2n) is 9.92. The van der Waals surface area contributed by atoms with Crippen LogP contribution in [0.2, 0.25) is 0 Å². The van der Waals surface area contributed by atoms with Gasteiger partial charge < -0.3 is 20.7 Å². The third kappa shape index (κ3) is 7.57. The first-order valence-electron chi connectivity index (χ1n) is 13.5. The van der Waals surface area contributed by atoms with Crippen LogP contribution in [0, 0.1) is 0 Å². The minimum atomic E-state index is -0.863. The highest BCUT2D eigenvalue weighted by molar-refractivity contribution is 5.99. The fourth-order valence-electron chi connectivity index (χ4n) is 4.98. The summed E-state index contributed by atoms with van der Waals surface area (Å²) in [4.78, 5) is 30.6. The fourth-order valence-corrected chi connectivity index (χ4v) is 4.98. The van der Waals surface area contributed by atoms with Crippen molar-refractivity contribution in [1.29, 1.82) is 0 Å². The minimum Gasteiger partial charge on any atom is -0.497 e. The number of nitrogens with one attached hydrogen (secondary N) is 3. The normalized spacial score (nSPS) is 14.3. The first-order chi connectivity index (χ1) is 18.6. The van der Waals surface area contributed by atoms with Gasteiger partial charge in [0, 0.05) is 36.7 Å². The number of hydrogen-bond acceptors (Lipinski definition) is 5. The number of ether oxygens (including phenoxy) is 1. The van der Waals surface area contributed by atoms with Crippen LogP contribution in [0.4, 0.5) is 5.69 Å². The second-order valence-corrected chi connectivity index (χ2v) is 9.92. The van der Waals surface area contributed by atoms with Crippen LogP contribution < -0.4 is 20.7 Å². The summed E-state index contributed by atoms with van der Waals surface area (Å²) in [6, 6.07) is 19.5. The van der Waals surface area contributed by atoms with Crippen LogP contribution in [0.1, 0.15) is 60.0 Å². The minimum absolute atomic E-state index is 0.103. The number of anilines is 1. The number of aromatic nitrogens is 1. The van der Waals surface area contributed by atoms with Crippen LogP contribution in [0.25, 0.3) is 0 Å². The molecule has 3 aromatic rings. The molecule has 4 rings (SSSR count). The lowest BCUT2D eigenvalue weighted by Gasteiger charge is -2.36. The Morgan fingerprint density at radius 1 is 0.895 bits per heavy atom. The quantitative estimate of drug-likeness (QED) is 0.298. The molecule has 0 saturated heterocycles. The van der Waals surface area contributed by atoms with Gasteiger partial charge in [0.15, 0.2) is 0 Å². The number of carbonyl (C=O) groups is 2. The van der Waals surface area contributed by atoms with Crippen LogP contribution >= 0.6 is 0 Å². The molecule has 1 heterocycles. The summed E-state index contributed by atoms with van der Waals surface area (Å²) in [5, 5.41) is 9.46. The third-order valence-corrected chi connectivity index (χ3v) is 7.19. The Kier molecular flexibility index (Phi) is 9.73. The monoisotopic (exact) mass is 514 g/mol. The summed E-state index contributed by atoms with van der Waals surface area (Å²) in [5.74, 6) is 0.503. The predicted octanol–water partition coefficient (Wildman–Crippen LogP) is 4.93. The van der Waals surface area contributed by atoms with Crippen LogP contribution in [0.15, 0.2) is 73.1 Å².